The first-order valence-electron chi connectivity index (χ1n) is 6.57. The van der Waals surface area contributed by atoms with Gasteiger partial charge < -0.3 is 5.73 Å². The summed E-state index contributed by atoms with van der Waals surface area (Å²) in [6.45, 7) is 1.19. The number of halogens is 2. The van der Waals surface area contributed by atoms with Crippen molar-refractivity contribution in [2.75, 3.05) is 12.3 Å². The van der Waals surface area contributed by atoms with Crippen LogP contribution in [0.2, 0.25) is 0 Å². The first-order valence-corrected chi connectivity index (χ1v) is 6.57. The first kappa shape index (κ1) is 13.7. The van der Waals surface area contributed by atoms with Gasteiger partial charge in [-0.25, -0.2) is 13.8 Å². The second-order valence-electron chi connectivity index (χ2n) is 5.05. The zero-order valence-corrected chi connectivity index (χ0v) is 11.2. The minimum Gasteiger partial charge on any atom is -0.369 e. The molecule has 1 aliphatic heterocycles. The summed E-state index contributed by atoms with van der Waals surface area (Å²) in [5.41, 5.74) is 6.71. The van der Waals surface area contributed by atoms with Crippen molar-refractivity contribution < 1.29 is 8.78 Å². The molecule has 0 saturated carbocycles. The zero-order chi connectivity index (χ0) is 15.0. The highest BCUT2D eigenvalue weighted by Gasteiger charge is 2.22. The molecule has 0 unspecified atom stereocenters. The number of nitrogens with one attached hydrogen (secondary N) is 1. The van der Waals surface area contributed by atoms with Gasteiger partial charge in [-0.2, -0.15) is 0 Å². The van der Waals surface area contributed by atoms with E-state index in [1.165, 1.54) is 6.07 Å². The van der Waals surface area contributed by atoms with Gasteiger partial charge in [0.15, 0.2) is 11.6 Å². The van der Waals surface area contributed by atoms with Gasteiger partial charge in [0.25, 0.3) is 5.56 Å². The van der Waals surface area contributed by atoms with Crippen LogP contribution in [0.5, 0.6) is 0 Å². The summed E-state index contributed by atoms with van der Waals surface area (Å²) in [4.78, 5) is 20.3. The van der Waals surface area contributed by atoms with E-state index < -0.39 is 11.6 Å². The predicted octanol–water partition coefficient (Wildman–Crippen LogP) is 1.19. The third-order valence-corrected chi connectivity index (χ3v) is 3.59. The number of nitrogens with zero attached hydrogens (tertiary/aromatic N) is 2. The van der Waals surface area contributed by atoms with Crippen molar-refractivity contribution >= 4 is 5.95 Å². The maximum Gasteiger partial charge on any atom is 0.257 e. The molecule has 7 heteroatoms. The average Bonchev–Trinajstić information content (AvgIpc) is 2.44. The van der Waals surface area contributed by atoms with Gasteiger partial charge in [-0.3, -0.25) is 14.7 Å². The lowest BCUT2D eigenvalue weighted by atomic mass is 10.1. The van der Waals surface area contributed by atoms with E-state index in [1.807, 2.05) is 4.90 Å². The molecule has 0 aliphatic carbocycles. The minimum atomic E-state index is -0.864. The molecule has 0 atom stereocenters. The third-order valence-electron chi connectivity index (χ3n) is 3.59. The number of aromatic amines is 1. The van der Waals surface area contributed by atoms with E-state index in [-0.39, 0.29) is 23.6 Å². The Bertz CT molecular complexity index is 744. The SMILES string of the molecule is Nc1nc2c(c(=O)[nH]1)CN(Cc1cccc(F)c1F)CC2. The average molecular weight is 292 g/mol. The Hall–Kier alpha value is -2.28. The lowest BCUT2D eigenvalue weighted by molar-refractivity contribution is 0.237. The largest absolute Gasteiger partial charge is 0.369 e. The number of anilines is 1. The van der Waals surface area contributed by atoms with Crippen LogP contribution in [0.3, 0.4) is 0 Å². The molecule has 1 aromatic heterocycles. The van der Waals surface area contributed by atoms with Gasteiger partial charge in [0.1, 0.15) is 0 Å². The van der Waals surface area contributed by atoms with Crippen molar-refractivity contribution in [3.8, 4) is 0 Å². The Morgan fingerprint density at radius 3 is 3.00 bits per heavy atom. The number of rotatable bonds is 2. The third kappa shape index (κ3) is 2.64. The molecule has 0 saturated heterocycles. The first-order chi connectivity index (χ1) is 10.0. The summed E-state index contributed by atoms with van der Waals surface area (Å²) < 4.78 is 26.9. The number of aromatic nitrogens is 2. The Morgan fingerprint density at radius 2 is 2.19 bits per heavy atom. The second kappa shape index (κ2) is 5.25. The van der Waals surface area contributed by atoms with E-state index >= 15 is 0 Å². The number of H-pyrrole nitrogens is 1. The summed E-state index contributed by atoms with van der Waals surface area (Å²) in [6.07, 6.45) is 0.556. The molecule has 21 heavy (non-hydrogen) atoms. The van der Waals surface area contributed by atoms with Gasteiger partial charge in [-0.05, 0) is 6.07 Å². The van der Waals surface area contributed by atoms with Gasteiger partial charge in [-0.15, -0.1) is 0 Å². The topological polar surface area (TPSA) is 75.0 Å². The predicted molar refractivity (Wildman–Crippen MR) is 73.4 cm³/mol. The van der Waals surface area contributed by atoms with Crippen LogP contribution in [0.4, 0.5) is 14.7 Å². The van der Waals surface area contributed by atoms with Gasteiger partial charge in [0.2, 0.25) is 5.95 Å². The molecule has 0 amide bonds. The number of nitrogen functional groups attached to an aromatic ring is 1. The molecule has 1 aromatic carbocycles. The molecule has 5 nitrogen and oxygen atoms in total. The van der Waals surface area contributed by atoms with E-state index in [0.29, 0.717) is 30.8 Å². The fourth-order valence-electron chi connectivity index (χ4n) is 2.55. The van der Waals surface area contributed by atoms with Crippen LogP contribution in [0.1, 0.15) is 16.8 Å². The van der Waals surface area contributed by atoms with Gasteiger partial charge in [0, 0.05) is 31.6 Å². The molecule has 110 valence electrons. The molecule has 0 radical (unpaired) electrons. The number of hydrogen-bond acceptors (Lipinski definition) is 4. The Kier molecular flexibility index (Phi) is 3.42. The quantitative estimate of drug-likeness (QED) is 0.872. The van der Waals surface area contributed by atoms with Crippen LogP contribution in [-0.4, -0.2) is 21.4 Å². The summed E-state index contributed by atoms with van der Waals surface area (Å²) in [7, 11) is 0. The highest BCUT2D eigenvalue weighted by Crippen LogP contribution is 2.19. The Morgan fingerprint density at radius 1 is 1.38 bits per heavy atom. The molecule has 0 spiro atoms. The Labute approximate surface area is 119 Å². The van der Waals surface area contributed by atoms with E-state index in [4.69, 9.17) is 5.73 Å². The molecular weight excluding hydrogens is 278 g/mol. The highest BCUT2D eigenvalue weighted by atomic mass is 19.2. The van der Waals surface area contributed by atoms with Crippen LogP contribution in [0.25, 0.3) is 0 Å². The molecule has 3 rings (SSSR count). The standard InChI is InChI=1S/C14H14F2N4O/c15-10-3-1-2-8(12(10)16)6-20-5-4-11-9(7-20)13(21)19-14(17)18-11/h1-3H,4-7H2,(H3,17,18,19,21). The zero-order valence-electron chi connectivity index (χ0n) is 11.2. The molecule has 0 fully saturated rings. The van der Waals surface area contributed by atoms with Crippen LogP contribution < -0.4 is 11.3 Å². The molecule has 3 N–H and O–H groups in total. The number of nitrogens with two attached hydrogens (primary N) is 1. The van der Waals surface area contributed by atoms with Gasteiger partial charge in [-0.1, -0.05) is 12.1 Å². The Balaban J connectivity index is 1.84. The van der Waals surface area contributed by atoms with Crippen molar-refractivity contribution in [1.29, 1.82) is 0 Å². The fraction of sp³-hybridized carbons (Fsp3) is 0.286. The van der Waals surface area contributed by atoms with Crippen LogP contribution in [-0.2, 0) is 19.5 Å². The van der Waals surface area contributed by atoms with Crippen molar-refractivity contribution in [3.05, 3.63) is 57.0 Å². The number of fused-ring (bicyclic) bond motifs is 1. The minimum absolute atomic E-state index is 0.100. The smallest absolute Gasteiger partial charge is 0.257 e. The van der Waals surface area contributed by atoms with Crippen molar-refractivity contribution in [2.45, 2.75) is 19.5 Å². The van der Waals surface area contributed by atoms with Gasteiger partial charge >= 0.3 is 0 Å². The number of benzene rings is 1. The molecule has 2 heterocycles. The van der Waals surface area contributed by atoms with Crippen LogP contribution in [0.15, 0.2) is 23.0 Å². The van der Waals surface area contributed by atoms with E-state index in [9.17, 15) is 13.6 Å². The van der Waals surface area contributed by atoms with Crippen molar-refractivity contribution in [1.82, 2.24) is 14.9 Å². The van der Waals surface area contributed by atoms with Crippen molar-refractivity contribution in [2.24, 2.45) is 0 Å². The molecule has 1 aliphatic rings. The number of hydrogen-bond donors (Lipinski definition) is 2. The van der Waals surface area contributed by atoms with E-state index in [1.54, 1.807) is 6.07 Å². The van der Waals surface area contributed by atoms with Gasteiger partial charge in [0.05, 0.1) is 11.3 Å². The van der Waals surface area contributed by atoms with Crippen LogP contribution in [0, 0.1) is 11.6 Å². The maximum absolute atomic E-state index is 13.7. The van der Waals surface area contributed by atoms with E-state index in [0.717, 1.165) is 6.07 Å². The maximum atomic E-state index is 13.7. The lowest BCUT2D eigenvalue weighted by Crippen LogP contribution is -2.35. The highest BCUT2D eigenvalue weighted by molar-refractivity contribution is 5.27. The molecule has 0 bridgehead atoms. The summed E-state index contributed by atoms with van der Waals surface area (Å²) in [6, 6.07) is 4.10. The summed E-state index contributed by atoms with van der Waals surface area (Å²) in [5.74, 6) is -1.60. The van der Waals surface area contributed by atoms with Crippen molar-refractivity contribution in [3.63, 3.8) is 0 Å². The monoisotopic (exact) mass is 292 g/mol. The molecular formula is C14H14F2N4O. The normalized spacial score (nSPS) is 15.0. The lowest BCUT2D eigenvalue weighted by Gasteiger charge is -2.27. The summed E-state index contributed by atoms with van der Waals surface area (Å²) >= 11 is 0. The summed E-state index contributed by atoms with van der Waals surface area (Å²) in [5, 5.41) is 0. The van der Waals surface area contributed by atoms with E-state index in [2.05, 4.69) is 9.97 Å². The fourth-order valence-corrected chi connectivity index (χ4v) is 2.55. The second-order valence-corrected chi connectivity index (χ2v) is 5.05. The molecule has 2 aromatic rings. The van der Waals surface area contributed by atoms with Crippen LogP contribution >= 0.6 is 0 Å².